The number of carbonyl (C=O) groups is 1. The maximum atomic E-state index is 13.6. The second-order valence-corrected chi connectivity index (χ2v) is 7.78. The van der Waals surface area contributed by atoms with Gasteiger partial charge < -0.3 is 4.90 Å². The van der Waals surface area contributed by atoms with E-state index in [0.29, 0.717) is 12.1 Å². The fourth-order valence-corrected chi connectivity index (χ4v) is 4.30. The van der Waals surface area contributed by atoms with Crippen molar-refractivity contribution in [3.8, 4) is 11.1 Å². The third-order valence-electron chi connectivity index (χ3n) is 4.93. The molecular formula is C19H14F5N3O2S. The molecule has 1 saturated heterocycles. The highest BCUT2D eigenvalue weighted by Gasteiger charge is 2.34. The largest absolute Gasteiger partial charge is 0.419 e. The number of benzene rings is 1. The van der Waals surface area contributed by atoms with Crippen LogP contribution in [0.4, 0.5) is 22.0 Å². The van der Waals surface area contributed by atoms with E-state index in [0.717, 1.165) is 22.0 Å². The molecule has 0 N–H and O–H groups in total. The Balaban J connectivity index is 1.74. The van der Waals surface area contributed by atoms with Crippen LogP contribution in [-0.2, 0) is 17.5 Å². The van der Waals surface area contributed by atoms with Crippen LogP contribution in [0.3, 0.4) is 0 Å². The van der Waals surface area contributed by atoms with E-state index in [1.165, 1.54) is 16.6 Å². The van der Waals surface area contributed by atoms with Crippen LogP contribution in [0, 0.1) is 5.82 Å². The summed E-state index contributed by atoms with van der Waals surface area (Å²) in [5, 5.41) is 1.51. The molecule has 2 aromatic heterocycles. The quantitative estimate of drug-likeness (QED) is 0.578. The van der Waals surface area contributed by atoms with Gasteiger partial charge in [-0.15, -0.1) is 11.3 Å². The highest BCUT2D eigenvalue weighted by atomic mass is 32.1. The maximum absolute atomic E-state index is 13.6. The Morgan fingerprint density at radius 1 is 1.30 bits per heavy atom. The first kappa shape index (κ1) is 20.5. The molecule has 3 aromatic rings. The number of halogens is 5. The van der Waals surface area contributed by atoms with Crippen molar-refractivity contribution in [1.29, 1.82) is 0 Å². The number of aromatic nitrogens is 2. The van der Waals surface area contributed by atoms with E-state index in [1.807, 2.05) is 0 Å². The summed E-state index contributed by atoms with van der Waals surface area (Å²) in [6.45, 7) is -0.145. The number of amides is 1. The smallest absolute Gasteiger partial charge is 0.338 e. The van der Waals surface area contributed by atoms with Gasteiger partial charge in [-0.2, -0.15) is 13.2 Å². The zero-order valence-corrected chi connectivity index (χ0v) is 16.1. The van der Waals surface area contributed by atoms with Crippen molar-refractivity contribution < 1.29 is 26.7 Å². The molecule has 1 aliphatic rings. The monoisotopic (exact) mass is 443 g/mol. The van der Waals surface area contributed by atoms with Crippen molar-refractivity contribution in [3.63, 3.8) is 0 Å². The van der Waals surface area contributed by atoms with Crippen molar-refractivity contribution in [2.45, 2.75) is 25.3 Å². The van der Waals surface area contributed by atoms with Gasteiger partial charge in [0.15, 0.2) is 0 Å². The highest BCUT2D eigenvalue weighted by Crippen LogP contribution is 2.37. The first-order valence-electron chi connectivity index (χ1n) is 8.90. The number of fused-ring (bicyclic) bond motifs is 1. The van der Waals surface area contributed by atoms with Crippen LogP contribution in [-0.4, -0.2) is 39.6 Å². The van der Waals surface area contributed by atoms with Gasteiger partial charge in [0.1, 0.15) is 23.4 Å². The summed E-state index contributed by atoms with van der Waals surface area (Å²) in [6, 6.07) is 2.49. The normalized spacial score (nSPS) is 17.1. The number of hydrogen-bond donors (Lipinski definition) is 0. The summed E-state index contributed by atoms with van der Waals surface area (Å²) in [5.41, 5.74) is -1.87. The van der Waals surface area contributed by atoms with Crippen molar-refractivity contribution >= 4 is 27.5 Å². The second kappa shape index (κ2) is 7.46. The summed E-state index contributed by atoms with van der Waals surface area (Å²) in [4.78, 5) is 31.0. The number of hydrogen-bond acceptors (Lipinski definition) is 4. The molecule has 4 rings (SSSR count). The molecule has 3 heterocycles. The minimum atomic E-state index is -4.89. The Morgan fingerprint density at radius 3 is 2.73 bits per heavy atom. The molecule has 30 heavy (non-hydrogen) atoms. The Bertz CT molecular complexity index is 1190. The van der Waals surface area contributed by atoms with Gasteiger partial charge in [-0.25, -0.2) is 13.8 Å². The third-order valence-corrected chi connectivity index (χ3v) is 5.82. The third kappa shape index (κ3) is 3.69. The van der Waals surface area contributed by atoms with Crippen molar-refractivity contribution in [2.75, 3.05) is 13.1 Å². The number of thiophene rings is 1. The van der Waals surface area contributed by atoms with Gasteiger partial charge in [-0.05, 0) is 24.1 Å². The lowest BCUT2D eigenvalue weighted by molar-refractivity contribution is -0.140. The average Bonchev–Trinajstić information content (AvgIpc) is 3.30. The molecule has 1 atom stereocenters. The van der Waals surface area contributed by atoms with Crippen molar-refractivity contribution in [1.82, 2.24) is 14.5 Å². The Hall–Kier alpha value is -2.82. The lowest BCUT2D eigenvalue weighted by atomic mass is 10.0. The number of nitrogens with zero attached hydrogens (tertiary/aromatic N) is 3. The first-order chi connectivity index (χ1) is 14.1. The van der Waals surface area contributed by atoms with Gasteiger partial charge >= 0.3 is 6.18 Å². The SMILES string of the molecule is O=C(Cn1cnc2scc(-c3ccc(F)c(C(F)(F)F)c3)c2c1=O)N1CCC(F)C1. The second-order valence-electron chi connectivity index (χ2n) is 6.93. The van der Waals surface area contributed by atoms with E-state index in [-0.39, 0.29) is 47.4 Å². The predicted molar refractivity (Wildman–Crippen MR) is 100 cm³/mol. The fourth-order valence-electron chi connectivity index (χ4n) is 3.39. The summed E-state index contributed by atoms with van der Waals surface area (Å²) in [6.07, 6.45) is -4.58. The molecule has 0 spiro atoms. The Kier molecular flexibility index (Phi) is 5.08. The summed E-state index contributed by atoms with van der Waals surface area (Å²) in [7, 11) is 0. The number of likely N-dealkylation sites (tertiary alicyclic amines) is 1. The Labute approximate surface area is 170 Å². The highest BCUT2D eigenvalue weighted by molar-refractivity contribution is 7.17. The van der Waals surface area contributed by atoms with E-state index >= 15 is 0 Å². The van der Waals surface area contributed by atoms with Gasteiger partial charge in [0.2, 0.25) is 5.91 Å². The van der Waals surface area contributed by atoms with Crippen molar-refractivity contribution in [3.05, 3.63) is 51.6 Å². The maximum Gasteiger partial charge on any atom is 0.419 e. The van der Waals surface area contributed by atoms with E-state index in [4.69, 9.17) is 0 Å². The number of carbonyl (C=O) groups excluding carboxylic acids is 1. The molecule has 158 valence electrons. The van der Waals surface area contributed by atoms with E-state index in [1.54, 1.807) is 0 Å². The van der Waals surface area contributed by atoms with Gasteiger partial charge in [-0.3, -0.25) is 14.2 Å². The van der Waals surface area contributed by atoms with E-state index < -0.39 is 35.2 Å². The molecule has 0 bridgehead atoms. The van der Waals surface area contributed by atoms with Gasteiger partial charge in [0, 0.05) is 17.5 Å². The van der Waals surface area contributed by atoms with E-state index in [2.05, 4.69) is 4.98 Å². The van der Waals surface area contributed by atoms with Crippen LogP contribution in [0.15, 0.2) is 34.7 Å². The lowest BCUT2D eigenvalue weighted by Crippen LogP contribution is -2.35. The van der Waals surface area contributed by atoms with Crippen LogP contribution in [0.5, 0.6) is 0 Å². The van der Waals surface area contributed by atoms with Gasteiger partial charge in [-0.1, -0.05) is 6.07 Å². The number of rotatable bonds is 3. The Morgan fingerprint density at radius 2 is 2.07 bits per heavy atom. The van der Waals surface area contributed by atoms with Crippen molar-refractivity contribution in [2.24, 2.45) is 0 Å². The minimum Gasteiger partial charge on any atom is -0.338 e. The van der Waals surface area contributed by atoms with Crippen LogP contribution < -0.4 is 5.56 Å². The van der Waals surface area contributed by atoms with Crippen LogP contribution in [0.1, 0.15) is 12.0 Å². The molecule has 11 heteroatoms. The molecule has 1 amide bonds. The van der Waals surface area contributed by atoms with Crippen LogP contribution in [0.2, 0.25) is 0 Å². The molecule has 1 unspecified atom stereocenters. The molecule has 0 radical (unpaired) electrons. The molecule has 1 fully saturated rings. The van der Waals surface area contributed by atoms with Gasteiger partial charge in [0.05, 0.1) is 23.8 Å². The number of alkyl halides is 4. The van der Waals surface area contributed by atoms with Gasteiger partial charge in [0.25, 0.3) is 5.56 Å². The average molecular weight is 443 g/mol. The molecule has 1 aliphatic heterocycles. The molecule has 1 aromatic carbocycles. The minimum absolute atomic E-state index is 0.0118. The topological polar surface area (TPSA) is 55.2 Å². The van der Waals surface area contributed by atoms with Crippen LogP contribution >= 0.6 is 11.3 Å². The molecule has 0 aliphatic carbocycles. The first-order valence-corrected chi connectivity index (χ1v) is 9.78. The molecule has 0 saturated carbocycles. The fraction of sp³-hybridized carbons (Fsp3) is 0.316. The summed E-state index contributed by atoms with van der Waals surface area (Å²) >= 11 is 1.05. The summed E-state index contributed by atoms with van der Waals surface area (Å²) in [5.74, 6) is -1.86. The van der Waals surface area contributed by atoms with E-state index in [9.17, 15) is 31.5 Å². The predicted octanol–water partition coefficient (Wildman–Crippen LogP) is 3.85. The lowest BCUT2D eigenvalue weighted by Gasteiger charge is -2.15. The zero-order chi connectivity index (χ0) is 21.6. The van der Waals surface area contributed by atoms with Crippen LogP contribution in [0.25, 0.3) is 21.3 Å². The molecule has 5 nitrogen and oxygen atoms in total. The zero-order valence-electron chi connectivity index (χ0n) is 15.2. The standard InChI is InChI=1S/C19H14F5N3O2S/c20-11-3-4-26(6-11)15(28)7-27-9-25-17-16(18(27)29)12(8-30-17)10-1-2-14(21)13(5-10)19(22,23)24/h1-2,5,8-9,11H,3-4,6-7H2. The summed E-state index contributed by atoms with van der Waals surface area (Å²) < 4.78 is 67.2. The molecular weight excluding hydrogens is 429 g/mol.